The Morgan fingerprint density at radius 3 is 1.38 bits per heavy atom. The van der Waals surface area contributed by atoms with Crippen LogP contribution in [0, 0.1) is 0 Å². The predicted molar refractivity (Wildman–Crippen MR) is 62.2 cm³/mol. The molecule has 0 aromatic rings. The monoisotopic (exact) mass is 469 g/mol. The molecule has 17 heteroatoms. The van der Waals surface area contributed by atoms with Crippen LogP contribution < -0.4 is 0 Å². The van der Waals surface area contributed by atoms with Gasteiger partial charge in [-0.25, -0.2) is 17.6 Å². The van der Waals surface area contributed by atoms with E-state index in [1.165, 1.54) is 0 Å². The van der Waals surface area contributed by atoms with Gasteiger partial charge in [0.05, 0.1) is 0 Å². The first-order valence-corrected chi connectivity index (χ1v) is 7.33. The average Bonchev–Trinajstić information content (AvgIpc) is 2.50. The summed E-state index contributed by atoms with van der Waals surface area (Å²) in [5.74, 6) is -11.3. The Kier molecular flexibility index (Phi) is 7.01. The van der Waals surface area contributed by atoms with Crippen molar-refractivity contribution < 1.29 is 70.6 Å². The Hall–Kier alpha value is -1.13. The number of nitrogens with zero attached hydrogens (tertiary/aromatic N) is 1. The largest absolute Gasteiger partial charge is 0.469 e. The van der Waals surface area contributed by atoms with E-state index in [0.29, 0.717) is 0 Å². The van der Waals surface area contributed by atoms with Crippen molar-refractivity contribution >= 4 is 0 Å². The van der Waals surface area contributed by atoms with Crippen molar-refractivity contribution in [1.82, 2.24) is 4.90 Å². The number of halogens is 15. The van der Waals surface area contributed by atoms with Gasteiger partial charge in [0.15, 0.2) is 0 Å². The lowest BCUT2D eigenvalue weighted by atomic mass is 9.94. The maximum atomic E-state index is 13.9. The van der Waals surface area contributed by atoms with Gasteiger partial charge in [-0.3, -0.25) is 0 Å². The van der Waals surface area contributed by atoms with Crippen molar-refractivity contribution in [2.24, 2.45) is 0 Å². The zero-order valence-electron chi connectivity index (χ0n) is 13.5. The van der Waals surface area contributed by atoms with Gasteiger partial charge in [-0.05, 0) is 19.3 Å². The number of ether oxygens (including phenoxy) is 1. The molecule has 1 rings (SSSR count). The highest BCUT2D eigenvalue weighted by atomic mass is 19.4. The normalized spacial score (nSPS) is 25.2. The third-order valence-electron chi connectivity index (χ3n) is 3.84. The molecule has 1 fully saturated rings. The highest BCUT2D eigenvalue weighted by molar-refractivity contribution is 4.96. The van der Waals surface area contributed by atoms with E-state index in [4.69, 9.17) is 0 Å². The van der Waals surface area contributed by atoms with E-state index in [1.807, 2.05) is 0 Å². The summed E-state index contributed by atoms with van der Waals surface area (Å²) in [7, 11) is 0. The SMILES string of the molecule is FC(N(C(F)(F)F)C(F)(F)F)C(F)(F)C1CCCC(C(F)(F)C(F)C(F)(F)F)O1. The lowest BCUT2D eigenvalue weighted by Gasteiger charge is -2.41. The van der Waals surface area contributed by atoms with Gasteiger partial charge in [-0.15, -0.1) is 0 Å². The van der Waals surface area contributed by atoms with Crippen LogP contribution in [0.15, 0.2) is 0 Å². The second-order valence-corrected chi connectivity index (χ2v) is 5.94. The van der Waals surface area contributed by atoms with Gasteiger partial charge < -0.3 is 4.74 Å². The van der Waals surface area contributed by atoms with Crippen molar-refractivity contribution in [3.8, 4) is 0 Å². The second-order valence-electron chi connectivity index (χ2n) is 5.94. The van der Waals surface area contributed by atoms with Crippen LogP contribution in [-0.2, 0) is 4.74 Å². The molecule has 4 atom stereocenters. The molecule has 1 saturated heterocycles. The van der Waals surface area contributed by atoms with E-state index in [0.717, 1.165) is 0 Å². The van der Waals surface area contributed by atoms with Crippen LogP contribution in [-0.4, -0.2) is 60.2 Å². The minimum absolute atomic E-state index is 0.949. The summed E-state index contributed by atoms with van der Waals surface area (Å²) in [6, 6.07) is 0. The predicted octanol–water partition coefficient (Wildman–Crippen LogP) is 5.73. The van der Waals surface area contributed by atoms with Gasteiger partial charge in [0.2, 0.25) is 6.30 Å². The molecule has 0 aliphatic carbocycles. The molecule has 174 valence electrons. The van der Waals surface area contributed by atoms with Crippen molar-refractivity contribution in [2.75, 3.05) is 0 Å². The summed E-state index contributed by atoms with van der Waals surface area (Å²) in [5, 5.41) is 0. The van der Waals surface area contributed by atoms with E-state index in [2.05, 4.69) is 4.74 Å². The molecular formula is C12H10F15NO. The van der Waals surface area contributed by atoms with Crippen LogP contribution in [0.25, 0.3) is 0 Å². The summed E-state index contributed by atoms with van der Waals surface area (Å²) in [6.45, 7) is 0. The third-order valence-corrected chi connectivity index (χ3v) is 3.84. The first kappa shape index (κ1) is 25.9. The Balaban J connectivity index is 3.16. The van der Waals surface area contributed by atoms with Crippen LogP contribution in [0.3, 0.4) is 0 Å². The molecule has 0 saturated carbocycles. The fraction of sp³-hybridized carbons (Fsp3) is 1.00. The highest BCUT2D eigenvalue weighted by Gasteiger charge is 2.68. The molecule has 0 aromatic carbocycles. The third kappa shape index (κ3) is 5.52. The van der Waals surface area contributed by atoms with Gasteiger partial charge in [-0.1, -0.05) is 4.90 Å². The van der Waals surface area contributed by atoms with Crippen LogP contribution in [0.2, 0.25) is 0 Å². The van der Waals surface area contributed by atoms with Crippen LogP contribution in [0.5, 0.6) is 0 Å². The molecule has 0 N–H and O–H groups in total. The van der Waals surface area contributed by atoms with Gasteiger partial charge in [0.1, 0.15) is 12.2 Å². The highest BCUT2D eigenvalue weighted by Crippen LogP contribution is 2.47. The zero-order valence-corrected chi connectivity index (χ0v) is 13.5. The van der Waals surface area contributed by atoms with E-state index in [1.54, 1.807) is 0 Å². The van der Waals surface area contributed by atoms with Crippen molar-refractivity contribution in [3.05, 3.63) is 0 Å². The summed E-state index contributed by atoms with van der Waals surface area (Å²) in [6.07, 6.45) is -39.9. The van der Waals surface area contributed by atoms with Gasteiger partial charge in [0, 0.05) is 0 Å². The summed E-state index contributed by atoms with van der Waals surface area (Å²) in [5.41, 5.74) is 0. The van der Waals surface area contributed by atoms with Crippen LogP contribution >= 0.6 is 0 Å². The smallest absolute Gasteiger partial charge is 0.362 e. The topological polar surface area (TPSA) is 12.5 Å². The Labute approximate surface area is 151 Å². The van der Waals surface area contributed by atoms with Crippen molar-refractivity contribution in [2.45, 2.75) is 74.6 Å². The Morgan fingerprint density at radius 2 is 1.03 bits per heavy atom. The van der Waals surface area contributed by atoms with Gasteiger partial charge >= 0.3 is 30.6 Å². The molecule has 1 aliphatic heterocycles. The summed E-state index contributed by atoms with van der Waals surface area (Å²) < 4.78 is 196. The molecule has 0 radical (unpaired) electrons. The quantitative estimate of drug-likeness (QED) is 0.377. The molecule has 29 heavy (non-hydrogen) atoms. The Morgan fingerprint density at radius 1 is 0.655 bits per heavy atom. The first-order valence-electron chi connectivity index (χ1n) is 7.33. The standard InChI is InChI=1S/C12H10F15NO/c13-6(10(19,20)21)8(15,16)4-2-1-3-5(29-4)9(17,18)7(14)28(11(22,23)24)12(25,26)27/h4-7H,1-3H2. The number of hydrogen-bond acceptors (Lipinski definition) is 2. The molecule has 1 aliphatic rings. The van der Waals surface area contributed by atoms with Crippen LogP contribution in [0.4, 0.5) is 65.9 Å². The second kappa shape index (κ2) is 7.85. The lowest BCUT2D eigenvalue weighted by molar-refractivity contribution is -0.421. The van der Waals surface area contributed by atoms with Crippen LogP contribution in [0.1, 0.15) is 19.3 Å². The average molecular weight is 469 g/mol. The van der Waals surface area contributed by atoms with Gasteiger partial charge in [-0.2, -0.15) is 48.3 Å². The zero-order chi connectivity index (χ0) is 23.2. The van der Waals surface area contributed by atoms with E-state index >= 15 is 0 Å². The molecule has 1 heterocycles. The molecule has 0 spiro atoms. The van der Waals surface area contributed by atoms with E-state index in [-0.39, 0.29) is 0 Å². The van der Waals surface area contributed by atoms with E-state index < -0.39 is 79.5 Å². The number of alkyl halides is 15. The maximum absolute atomic E-state index is 13.9. The summed E-state index contributed by atoms with van der Waals surface area (Å²) >= 11 is 0. The van der Waals surface area contributed by atoms with Crippen molar-refractivity contribution in [3.63, 3.8) is 0 Å². The number of rotatable bonds is 5. The molecule has 0 aromatic heterocycles. The number of hydrogen-bond donors (Lipinski definition) is 0. The summed E-state index contributed by atoms with van der Waals surface area (Å²) in [4.78, 5) is -3.15. The maximum Gasteiger partial charge on any atom is 0.469 e. The Bertz CT molecular complexity index is 539. The minimum Gasteiger partial charge on any atom is -0.362 e. The molecule has 0 bridgehead atoms. The fourth-order valence-corrected chi connectivity index (χ4v) is 2.50. The van der Waals surface area contributed by atoms with Crippen molar-refractivity contribution in [1.29, 1.82) is 0 Å². The first-order chi connectivity index (χ1) is 12.6. The molecule has 2 nitrogen and oxygen atoms in total. The molecule has 0 amide bonds. The fourth-order valence-electron chi connectivity index (χ4n) is 2.50. The molecule has 4 unspecified atom stereocenters. The molecular weight excluding hydrogens is 459 g/mol. The van der Waals surface area contributed by atoms with E-state index in [9.17, 15) is 65.9 Å². The van der Waals surface area contributed by atoms with Gasteiger partial charge in [0.25, 0.3) is 6.17 Å². The lowest BCUT2D eigenvalue weighted by Crippen LogP contribution is -2.63. The minimum atomic E-state index is -6.72.